The van der Waals surface area contributed by atoms with Gasteiger partial charge in [0.2, 0.25) is 0 Å². The maximum atomic E-state index is 11.6. The van der Waals surface area contributed by atoms with Gasteiger partial charge in [0.25, 0.3) is 0 Å². The van der Waals surface area contributed by atoms with E-state index in [1.165, 1.54) is 6.42 Å². The lowest BCUT2D eigenvalue weighted by Crippen LogP contribution is -2.42. The van der Waals surface area contributed by atoms with E-state index in [4.69, 9.17) is 11.6 Å². The fourth-order valence-electron chi connectivity index (χ4n) is 2.04. The summed E-state index contributed by atoms with van der Waals surface area (Å²) in [5.41, 5.74) is 0.997. The number of benzene rings is 1. The number of amides is 2. The van der Waals surface area contributed by atoms with E-state index >= 15 is 0 Å². The molecule has 0 saturated carbocycles. The molecule has 4 nitrogen and oxygen atoms in total. The molecule has 1 aliphatic heterocycles. The number of hydrogen-bond donors (Lipinski definition) is 3. The molecular formula is C13H18ClN3O. The molecule has 5 heteroatoms. The molecule has 1 atom stereocenters. The van der Waals surface area contributed by atoms with Crippen LogP contribution in [0.2, 0.25) is 5.02 Å². The highest BCUT2D eigenvalue weighted by Gasteiger charge is 2.14. The van der Waals surface area contributed by atoms with Crippen LogP contribution in [0.15, 0.2) is 24.3 Å². The summed E-state index contributed by atoms with van der Waals surface area (Å²) in [6, 6.07) is 7.76. The van der Waals surface area contributed by atoms with Gasteiger partial charge in [0.05, 0.1) is 0 Å². The molecule has 0 bridgehead atoms. The molecular weight excluding hydrogens is 250 g/mol. The summed E-state index contributed by atoms with van der Waals surface area (Å²) in [4.78, 5) is 11.6. The van der Waals surface area contributed by atoms with E-state index in [0.717, 1.165) is 18.5 Å². The minimum absolute atomic E-state index is 0.135. The average Bonchev–Trinajstić information content (AvgIpc) is 2.87. The third-order valence-electron chi connectivity index (χ3n) is 3.01. The molecule has 98 valence electrons. The summed E-state index contributed by atoms with van der Waals surface area (Å²) in [6.45, 7) is 2.22. The van der Waals surface area contributed by atoms with Crippen LogP contribution in [-0.2, 0) is 6.54 Å². The van der Waals surface area contributed by atoms with Crippen LogP contribution >= 0.6 is 11.6 Å². The van der Waals surface area contributed by atoms with Crippen LogP contribution < -0.4 is 16.0 Å². The number of carbonyl (C=O) groups is 1. The van der Waals surface area contributed by atoms with Gasteiger partial charge in [-0.25, -0.2) is 4.79 Å². The summed E-state index contributed by atoms with van der Waals surface area (Å²) in [6.07, 6.45) is 2.32. The zero-order valence-corrected chi connectivity index (χ0v) is 11.0. The van der Waals surface area contributed by atoms with Crippen molar-refractivity contribution in [2.75, 3.05) is 13.1 Å². The van der Waals surface area contributed by atoms with Crippen LogP contribution in [-0.4, -0.2) is 25.2 Å². The first-order valence-electron chi connectivity index (χ1n) is 6.23. The number of carbonyl (C=O) groups excluding carboxylic acids is 1. The second-order valence-corrected chi connectivity index (χ2v) is 4.92. The molecule has 1 saturated heterocycles. The maximum Gasteiger partial charge on any atom is 0.315 e. The Morgan fingerprint density at radius 3 is 3.06 bits per heavy atom. The fraction of sp³-hybridized carbons (Fsp3) is 0.462. The molecule has 1 aromatic rings. The molecule has 2 rings (SSSR count). The molecule has 0 radical (unpaired) electrons. The minimum Gasteiger partial charge on any atom is -0.337 e. The van der Waals surface area contributed by atoms with Gasteiger partial charge in [-0.15, -0.1) is 0 Å². The lowest BCUT2D eigenvalue weighted by Gasteiger charge is -2.12. The summed E-state index contributed by atoms with van der Waals surface area (Å²) < 4.78 is 0. The van der Waals surface area contributed by atoms with Crippen LogP contribution in [0, 0.1) is 0 Å². The molecule has 1 aliphatic rings. The van der Waals surface area contributed by atoms with Crippen molar-refractivity contribution >= 4 is 17.6 Å². The number of nitrogens with one attached hydrogen (secondary N) is 3. The monoisotopic (exact) mass is 267 g/mol. The van der Waals surface area contributed by atoms with Crippen LogP contribution in [0.5, 0.6) is 0 Å². The molecule has 3 N–H and O–H groups in total. The summed E-state index contributed by atoms with van der Waals surface area (Å²) in [5, 5.41) is 9.70. The van der Waals surface area contributed by atoms with Crippen molar-refractivity contribution in [2.45, 2.75) is 25.4 Å². The predicted molar refractivity (Wildman–Crippen MR) is 72.7 cm³/mol. The summed E-state index contributed by atoms with van der Waals surface area (Å²) >= 11 is 5.87. The Morgan fingerprint density at radius 1 is 1.44 bits per heavy atom. The zero-order valence-electron chi connectivity index (χ0n) is 10.2. The Hall–Kier alpha value is -1.26. The van der Waals surface area contributed by atoms with Gasteiger partial charge in [-0.05, 0) is 37.1 Å². The molecule has 1 aromatic carbocycles. The molecule has 1 unspecified atom stereocenters. The van der Waals surface area contributed by atoms with Gasteiger partial charge in [-0.2, -0.15) is 0 Å². The number of halogens is 1. The van der Waals surface area contributed by atoms with E-state index in [1.807, 2.05) is 24.3 Å². The van der Waals surface area contributed by atoms with Gasteiger partial charge in [-0.3, -0.25) is 0 Å². The lowest BCUT2D eigenvalue weighted by molar-refractivity contribution is 0.239. The molecule has 18 heavy (non-hydrogen) atoms. The third kappa shape index (κ3) is 4.20. The normalized spacial score (nSPS) is 18.6. The number of urea groups is 1. The van der Waals surface area contributed by atoms with Crippen molar-refractivity contribution in [3.8, 4) is 0 Å². The average molecular weight is 268 g/mol. The SMILES string of the molecule is O=C(NCc1cccc(Cl)c1)NCC1CCCN1. The molecule has 2 amide bonds. The van der Waals surface area contributed by atoms with Gasteiger partial charge in [0.15, 0.2) is 0 Å². The fourth-order valence-corrected chi connectivity index (χ4v) is 2.25. The Morgan fingerprint density at radius 2 is 2.33 bits per heavy atom. The van der Waals surface area contributed by atoms with Gasteiger partial charge in [0, 0.05) is 24.2 Å². The Bertz CT molecular complexity index is 405. The van der Waals surface area contributed by atoms with E-state index in [9.17, 15) is 4.79 Å². The smallest absolute Gasteiger partial charge is 0.315 e. The Kier molecular flexibility index (Phi) is 4.84. The number of rotatable bonds is 4. The van der Waals surface area contributed by atoms with Crippen molar-refractivity contribution in [3.05, 3.63) is 34.9 Å². The second kappa shape index (κ2) is 6.61. The van der Waals surface area contributed by atoms with Gasteiger partial charge in [-0.1, -0.05) is 23.7 Å². The third-order valence-corrected chi connectivity index (χ3v) is 3.25. The highest BCUT2D eigenvalue weighted by atomic mass is 35.5. The second-order valence-electron chi connectivity index (χ2n) is 4.49. The molecule has 1 heterocycles. The van der Waals surface area contributed by atoms with Gasteiger partial charge >= 0.3 is 6.03 Å². The first-order valence-corrected chi connectivity index (χ1v) is 6.61. The highest BCUT2D eigenvalue weighted by Crippen LogP contribution is 2.10. The van der Waals surface area contributed by atoms with Crippen LogP contribution in [0.25, 0.3) is 0 Å². The standard InChI is InChI=1S/C13H18ClN3O/c14-11-4-1-3-10(7-11)8-16-13(18)17-9-12-5-2-6-15-12/h1,3-4,7,12,15H,2,5-6,8-9H2,(H2,16,17,18). The van der Waals surface area contributed by atoms with Crippen LogP contribution in [0.3, 0.4) is 0 Å². The first-order chi connectivity index (χ1) is 8.74. The quantitative estimate of drug-likeness (QED) is 0.780. The van der Waals surface area contributed by atoms with E-state index < -0.39 is 0 Å². The van der Waals surface area contributed by atoms with E-state index in [2.05, 4.69) is 16.0 Å². The predicted octanol–water partition coefficient (Wildman–Crippen LogP) is 1.89. The van der Waals surface area contributed by atoms with Crippen LogP contribution in [0.4, 0.5) is 4.79 Å². The van der Waals surface area contributed by atoms with E-state index in [-0.39, 0.29) is 6.03 Å². The Balaban J connectivity index is 1.68. The van der Waals surface area contributed by atoms with Gasteiger partial charge in [0.1, 0.15) is 0 Å². The van der Waals surface area contributed by atoms with Crippen molar-refractivity contribution in [1.29, 1.82) is 0 Å². The maximum absolute atomic E-state index is 11.6. The van der Waals surface area contributed by atoms with Gasteiger partial charge < -0.3 is 16.0 Å². The summed E-state index contributed by atoms with van der Waals surface area (Å²) in [5.74, 6) is 0. The zero-order chi connectivity index (χ0) is 12.8. The lowest BCUT2D eigenvalue weighted by atomic mass is 10.2. The van der Waals surface area contributed by atoms with Crippen molar-refractivity contribution in [2.24, 2.45) is 0 Å². The molecule has 0 aliphatic carbocycles. The summed E-state index contributed by atoms with van der Waals surface area (Å²) in [7, 11) is 0. The van der Waals surface area contributed by atoms with E-state index in [1.54, 1.807) is 0 Å². The molecule has 0 aromatic heterocycles. The van der Waals surface area contributed by atoms with Crippen molar-refractivity contribution in [1.82, 2.24) is 16.0 Å². The van der Waals surface area contributed by atoms with Crippen molar-refractivity contribution < 1.29 is 4.79 Å². The number of hydrogen-bond acceptors (Lipinski definition) is 2. The van der Waals surface area contributed by atoms with Crippen LogP contribution in [0.1, 0.15) is 18.4 Å². The first kappa shape index (κ1) is 13.2. The van der Waals surface area contributed by atoms with Crippen molar-refractivity contribution in [3.63, 3.8) is 0 Å². The van der Waals surface area contributed by atoms with E-state index in [0.29, 0.717) is 24.2 Å². The topological polar surface area (TPSA) is 53.2 Å². The highest BCUT2D eigenvalue weighted by molar-refractivity contribution is 6.30. The largest absolute Gasteiger partial charge is 0.337 e. The Labute approximate surface area is 112 Å². The minimum atomic E-state index is -0.135. The molecule has 1 fully saturated rings. The molecule has 0 spiro atoms.